The third-order valence-electron chi connectivity index (χ3n) is 4.39. The van der Waals surface area contributed by atoms with Crippen LogP contribution in [0.1, 0.15) is 32.6 Å². The van der Waals surface area contributed by atoms with Crippen LogP contribution >= 0.6 is 11.6 Å². The van der Waals surface area contributed by atoms with Gasteiger partial charge in [-0.05, 0) is 43.2 Å². The zero-order valence-corrected chi connectivity index (χ0v) is 15.0. The molecule has 26 heavy (non-hydrogen) atoms. The van der Waals surface area contributed by atoms with E-state index in [4.69, 9.17) is 16.3 Å². The van der Waals surface area contributed by atoms with Crippen LogP contribution in [-0.4, -0.2) is 24.4 Å². The second-order valence-electron chi connectivity index (χ2n) is 6.36. The van der Waals surface area contributed by atoms with Gasteiger partial charge in [0.2, 0.25) is 0 Å². The summed E-state index contributed by atoms with van der Waals surface area (Å²) in [5.74, 6) is 0.504. The van der Waals surface area contributed by atoms with E-state index in [1.165, 1.54) is 6.07 Å². The molecule has 0 atom stereocenters. The Morgan fingerprint density at radius 3 is 2.62 bits per heavy atom. The minimum Gasteiger partial charge on any atom is -0.489 e. The van der Waals surface area contributed by atoms with E-state index in [0.717, 1.165) is 23.3 Å². The van der Waals surface area contributed by atoms with Crippen molar-refractivity contribution in [2.75, 3.05) is 13.6 Å². The number of amides is 1. The van der Waals surface area contributed by atoms with Gasteiger partial charge in [0.25, 0.3) is 5.91 Å². The maximum Gasteiger partial charge on any atom is 0.416 e. The third kappa shape index (κ3) is 3.65. The Balaban J connectivity index is 1.85. The minimum atomic E-state index is -4.44. The Labute approximate surface area is 154 Å². The number of carbonyl (C=O) groups is 1. The van der Waals surface area contributed by atoms with Crippen molar-refractivity contribution in [2.24, 2.45) is 0 Å². The number of fused-ring (bicyclic) bond motifs is 1. The molecule has 0 aliphatic carbocycles. The standard InChI is InChI=1S/C19H17ClF3NO2/c1-11-7-15-14(5-6-24(2)18(15)25)17(8-11)26-10-12-3-4-13(9-16(12)20)19(21,22)23/h3-4,7-9H,5-6,10H2,1-2H3. The molecule has 0 N–H and O–H groups in total. The van der Waals surface area contributed by atoms with E-state index in [2.05, 4.69) is 0 Å². The number of rotatable bonds is 3. The average Bonchev–Trinajstić information content (AvgIpc) is 2.56. The van der Waals surface area contributed by atoms with Gasteiger partial charge in [-0.15, -0.1) is 0 Å². The quantitative estimate of drug-likeness (QED) is 0.756. The summed E-state index contributed by atoms with van der Waals surface area (Å²) in [4.78, 5) is 14.0. The SMILES string of the molecule is Cc1cc(OCc2ccc(C(F)(F)F)cc2Cl)c2c(c1)C(=O)N(C)CC2. The summed E-state index contributed by atoms with van der Waals surface area (Å²) < 4.78 is 44.0. The first-order valence-corrected chi connectivity index (χ1v) is 8.42. The lowest BCUT2D eigenvalue weighted by atomic mass is 9.96. The molecule has 3 nitrogen and oxygen atoms in total. The van der Waals surface area contributed by atoms with Crippen molar-refractivity contribution in [2.45, 2.75) is 26.1 Å². The van der Waals surface area contributed by atoms with Crippen LogP contribution in [-0.2, 0) is 19.2 Å². The number of alkyl halides is 3. The van der Waals surface area contributed by atoms with Crippen LogP contribution in [0.25, 0.3) is 0 Å². The van der Waals surface area contributed by atoms with Crippen molar-refractivity contribution in [3.8, 4) is 5.75 Å². The van der Waals surface area contributed by atoms with Crippen molar-refractivity contribution >= 4 is 17.5 Å². The molecule has 0 radical (unpaired) electrons. The van der Waals surface area contributed by atoms with Crippen molar-refractivity contribution in [1.82, 2.24) is 4.90 Å². The van der Waals surface area contributed by atoms with Crippen molar-refractivity contribution in [1.29, 1.82) is 0 Å². The highest BCUT2D eigenvalue weighted by Crippen LogP contribution is 2.33. The second-order valence-corrected chi connectivity index (χ2v) is 6.77. The third-order valence-corrected chi connectivity index (χ3v) is 4.74. The summed E-state index contributed by atoms with van der Waals surface area (Å²) in [5.41, 5.74) is 1.96. The summed E-state index contributed by atoms with van der Waals surface area (Å²) in [6, 6.07) is 6.84. The maximum absolute atomic E-state index is 12.7. The first-order valence-electron chi connectivity index (χ1n) is 8.04. The number of ether oxygens (including phenoxy) is 1. The van der Waals surface area contributed by atoms with E-state index in [1.54, 1.807) is 11.9 Å². The second kappa shape index (κ2) is 6.83. The highest BCUT2D eigenvalue weighted by molar-refractivity contribution is 6.31. The van der Waals surface area contributed by atoms with Crippen molar-refractivity contribution < 1.29 is 22.7 Å². The number of benzene rings is 2. The number of likely N-dealkylation sites (N-methyl/N-ethyl adjacent to an activating group) is 1. The molecule has 1 amide bonds. The Kier molecular flexibility index (Phi) is 4.88. The molecule has 1 aliphatic heterocycles. The average molecular weight is 384 g/mol. The molecule has 2 aromatic carbocycles. The van der Waals surface area contributed by atoms with Gasteiger partial charge >= 0.3 is 6.18 Å². The Morgan fingerprint density at radius 1 is 1.23 bits per heavy atom. The zero-order valence-electron chi connectivity index (χ0n) is 14.3. The monoisotopic (exact) mass is 383 g/mol. The van der Waals surface area contributed by atoms with E-state index >= 15 is 0 Å². The number of hydrogen-bond donors (Lipinski definition) is 0. The number of halogens is 4. The fourth-order valence-electron chi connectivity index (χ4n) is 2.94. The smallest absolute Gasteiger partial charge is 0.416 e. The van der Waals surface area contributed by atoms with Crippen LogP contribution in [0, 0.1) is 6.92 Å². The largest absolute Gasteiger partial charge is 0.489 e. The molecule has 0 bridgehead atoms. The molecule has 1 aliphatic rings. The van der Waals surface area contributed by atoms with Gasteiger partial charge in [0.05, 0.1) is 5.56 Å². The molecule has 0 unspecified atom stereocenters. The van der Waals surface area contributed by atoms with Gasteiger partial charge in [-0.25, -0.2) is 0 Å². The van der Waals surface area contributed by atoms with E-state index < -0.39 is 11.7 Å². The molecule has 1 heterocycles. The van der Waals surface area contributed by atoms with Crippen LogP contribution in [0.5, 0.6) is 5.75 Å². The molecular weight excluding hydrogens is 367 g/mol. The lowest BCUT2D eigenvalue weighted by Crippen LogP contribution is -2.34. The Hall–Kier alpha value is -2.21. The highest BCUT2D eigenvalue weighted by atomic mass is 35.5. The zero-order chi connectivity index (χ0) is 19.1. The van der Waals surface area contributed by atoms with Gasteiger partial charge < -0.3 is 9.64 Å². The molecule has 3 rings (SSSR count). The van der Waals surface area contributed by atoms with Crippen molar-refractivity contribution in [3.05, 3.63) is 63.2 Å². The lowest BCUT2D eigenvalue weighted by molar-refractivity contribution is -0.137. The Morgan fingerprint density at radius 2 is 1.96 bits per heavy atom. The molecule has 2 aromatic rings. The minimum absolute atomic E-state index is 0.00263. The molecular formula is C19H17ClF3NO2. The molecule has 0 saturated carbocycles. The van der Waals surface area contributed by atoms with Crippen LogP contribution in [0.15, 0.2) is 30.3 Å². The van der Waals surface area contributed by atoms with Crippen LogP contribution in [0.4, 0.5) is 13.2 Å². The molecule has 0 aromatic heterocycles. The summed E-state index contributed by atoms with van der Waals surface area (Å²) in [6.07, 6.45) is -3.78. The topological polar surface area (TPSA) is 29.5 Å². The van der Waals surface area contributed by atoms with Gasteiger partial charge in [-0.2, -0.15) is 13.2 Å². The van der Waals surface area contributed by atoms with E-state index in [-0.39, 0.29) is 17.5 Å². The number of aryl methyl sites for hydroxylation is 1. The molecule has 0 saturated heterocycles. The molecule has 138 valence electrons. The number of carbonyl (C=O) groups excluding carboxylic acids is 1. The predicted molar refractivity (Wildman–Crippen MR) is 92.6 cm³/mol. The summed E-state index contributed by atoms with van der Waals surface area (Å²) in [6.45, 7) is 2.48. The van der Waals surface area contributed by atoms with Gasteiger partial charge in [0.1, 0.15) is 12.4 Å². The fourth-order valence-corrected chi connectivity index (χ4v) is 3.18. The number of hydrogen-bond acceptors (Lipinski definition) is 2. The summed E-state index contributed by atoms with van der Waals surface area (Å²) in [7, 11) is 1.75. The van der Waals surface area contributed by atoms with E-state index in [9.17, 15) is 18.0 Å². The van der Waals surface area contributed by atoms with Crippen LogP contribution in [0.3, 0.4) is 0 Å². The van der Waals surface area contributed by atoms with Crippen LogP contribution in [0.2, 0.25) is 5.02 Å². The van der Waals surface area contributed by atoms with Gasteiger partial charge in [-0.1, -0.05) is 17.7 Å². The number of nitrogens with zero attached hydrogens (tertiary/aromatic N) is 1. The fraction of sp³-hybridized carbons (Fsp3) is 0.316. The molecule has 0 fully saturated rings. The predicted octanol–water partition coefficient (Wildman–Crippen LogP) is 4.87. The lowest BCUT2D eigenvalue weighted by Gasteiger charge is -2.27. The molecule has 7 heteroatoms. The van der Waals surface area contributed by atoms with Gasteiger partial charge in [0, 0.05) is 35.3 Å². The first kappa shape index (κ1) is 18.6. The molecule has 0 spiro atoms. The van der Waals surface area contributed by atoms with E-state index in [1.807, 2.05) is 19.1 Å². The van der Waals surface area contributed by atoms with Crippen molar-refractivity contribution in [3.63, 3.8) is 0 Å². The van der Waals surface area contributed by atoms with E-state index in [0.29, 0.717) is 29.8 Å². The first-order chi connectivity index (χ1) is 12.2. The maximum atomic E-state index is 12.7. The summed E-state index contributed by atoms with van der Waals surface area (Å²) in [5, 5.41) is -0.00263. The highest BCUT2D eigenvalue weighted by Gasteiger charge is 2.31. The normalized spacial score (nSPS) is 14.4. The van der Waals surface area contributed by atoms with Gasteiger partial charge in [0.15, 0.2) is 0 Å². The van der Waals surface area contributed by atoms with Gasteiger partial charge in [-0.3, -0.25) is 4.79 Å². The Bertz CT molecular complexity index is 865. The summed E-state index contributed by atoms with van der Waals surface area (Å²) >= 11 is 5.98. The van der Waals surface area contributed by atoms with Crippen LogP contribution < -0.4 is 4.74 Å².